The fraction of sp³-hybridized carbons (Fsp3) is 0.778. The third kappa shape index (κ3) is 13.2. The van der Waals surface area contributed by atoms with E-state index in [4.69, 9.17) is 4.74 Å². The molecule has 0 aliphatic heterocycles. The summed E-state index contributed by atoms with van der Waals surface area (Å²) in [7, 11) is 5.94. The van der Waals surface area contributed by atoms with Crippen molar-refractivity contribution in [2.75, 3.05) is 34.3 Å². The molecule has 0 amide bonds. The number of hydrogen-bond acceptors (Lipinski definition) is 4. The van der Waals surface area contributed by atoms with Crippen LogP contribution in [0.4, 0.5) is 0 Å². The molecule has 5 nitrogen and oxygen atoms in total. The zero-order chi connectivity index (χ0) is 11.2. The Bertz CT molecular complexity index is 213. The highest BCUT2D eigenvalue weighted by molar-refractivity contribution is 5.85. The first kappa shape index (κ1) is 16.6. The second kappa shape index (κ2) is 7.48. The predicted molar refractivity (Wildman–Crippen MR) is 55.3 cm³/mol. The Morgan fingerprint density at radius 2 is 1.73 bits per heavy atom. The molecular weight excluding hydrogens is 222 g/mol. The fourth-order valence-corrected chi connectivity index (χ4v) is 0.710. The van der Waals surface area contributed by atoms with Crippen LogP contribution in [0.3, 0.4) is 0 Å². The molecule has 0 radical (unpaired) electrons. The summed E-state index contributed by atoms with van der Waals surface area (Å²) in [5.41, 5.74) is 0. The van der Waals surface area contributed by atoms with E-state index in [-0.39, 0.29) is 25.2 Å². The van der Waals surface area contributed by atoms with Gasteiger partial charge in [0.1, 0.15) is 13.2 Å². The predicted octanol–water partition coefficient (Wildman–Crippen LogP) is -0.812. The third-order valence-electron chi connectivity index (χ3n) is 1.56. The standard InChI is InChI=1S/C9H17NO4.ClH/c1-10(2,3)6-7-14-9(13)5-4-8(11)12;/h4-7H2,1-3H3;1H. The van der Waals surface area contributed by atoms with Crippen LogP contribution < -0.4 is 5.11 Å². The van der Waals surface area contributed by atoms with Gasteiger partial charge in [0.15, 0.2) is 0 Å². The average Bonchev–Trinajstić information content (AvgIpc) is 1.98. The Kier molecular flexibility index (Phi) is 8.28. The molecule has 0 N–H and O–H groups in total. The van der Waals surface area contributed by atoms with Crippen LogP contribution in [0.5, 0.6) is 0 Å². The van der Waals surface area contributed by atoms with Gasteiger partial charge in [0.05, 0.1) is 27.6 Å². The molecule has 0 bridgehead atoms. The van der Waals surface area contributed by atoms with Gasteiger partial charge >= 0.3 is 5.97 Å². The number of carbonyl (C=O) groups is 2. The summed E-state index contributed by atoms with van der Waals surface area (Å²) >= 11 is 0. The average molecular weight is 240 g/mol. The number of rotatable bonds is 6. The van der Waals surface area contributed by atoms with E-state index < -0.39 is 11.9 Å². The maximum absolute atomic E-state index is 10.9. The van der Waals surface area contributed by atoms with E-state index in [9.17, 15) is 14.7 Å². The zero-order valence-corrected chi connectivity index (χ0v) is 10.1. The molecule has 90 valence electrons. The van der Waals surface area contributed by atoms with Gasteiger partial charge in [0.2, 0.25) is 0 Å². The van der Waals surface area contributed by atoms with Crippen molar-refractivity contribution in [1.29, 1.82) is 0 Å². The molecule has 6 heteroatoms. The first-order valence-electron chi connectivity index (χ1n) is 4.47. The molecule has 0 fully saturated rings. The molecule has 0 heterocycles. The van der Waals surface area contributed by atoms with E-state index in [1.54, 1.807) is 0 Å². The quantitative estimate of drug-likeness (QED) is 0.449. The molecule has 0 saturated carbocycles. The molecule has 0 aromatic heterocycles. The lowest BCUT2D eigenvalue weighted by Crippen LogP contribution is -2.38. The van der Waals surface area contributed by atoms with E-state index >= 15 is 0 Å². The lowest BCUT2D eigenvalue weighted by molar-refractivity contribution is -0.870. The first-order chi connectivity index (χ1) is 6.31. The van der Waals surface area contributed by atoms with Gasteiger partial charge in [-0.1, -0.05) is 0 Å². The Morgan fingerprint density at radius 1 is 1.20 bits per heavy atom. The lowest BCUT2D eigenvalue weighted by atomic mass is 10.3. The van der Waals surface area contributed by atoms with Crippen LogP contribution in [0.1, 0.15) is 12.8 Å². The van der Waals surface area contributed by atoms with Crippen molar-refractivity contribution >= 4 is 24.3 Å². The van der Waals surface area contributed by atoms with Crippen LogP contribution in [0.2, 0.25) is 0 Å². The van der Waals surface area contributed by atoms with Gasteiger partial charge in [-0.3, -0.25) is 4.79 Å². The molecule has 0 saturated heterocycles. The number of carboxylic acids is 1. The van der Waals surface area contributed by atoms with Crippen LogP contribution >= 0.6 is 12.4 Å². The summed E-state index contributed by atoms with van der Waals surface area (Å²) < 4.78 is 5.52. The van der Waals surface area contributed by atoms with Crippen molar-refractivity contribution in [3.8, 4) is 0 Å². The summed E-state index contributed by atoms with van der Waals surface area (Å²) in [4.78, 5) is 20.9. The van der Waals surface area contributed by atoms with Crippen molar-refractivity contribution in [2.45, 2.75) is 12.8 Å². The molecule has 0 aromatic carbocycles. The SMILES string of the molecule is C[N+](C)(C)CCOC(=O)CCC(=O)[O-].Cl. The molecule has 0 aromatic rings. The number of hydrogen-bond donors (Lipinski definition) is 0. The largest absolute Gasteiger partial charge is 0.550 e. The van der Waals surface area contributed by atoms with Gasteiger partial charge in [-0.05, 0) is 6.42 Å². The molecule has 0 aliphatic carbocycles. The van der Waals surface area contributed by atoms with Crippen LogP contribution in [0.15, 0.2) is 0 Å². The molecule has 0 aliphatic rings. The van der Waals surface area contributed by atoms with E-state index in [0.29, 0.717) is 17.6 Å². The highest BCUT2D eigenvalue weighted by Gasteiger charge is 2.08. The van der Waals surface area contributed by atoms with Crippen LogP contribution in [-0.4, -0.2) is 50.7 Å². The molecule has 0 unspecified atom stereocenters. The van der Waals surface area contributed by atoms with E-state index in [0.717, 1.165) is 0 Å². The maximum Gasteiger partial charge on any atom is 0.306 e. The normalized spacial score (nSPS) is 10.3. The number of ether oxygens (including phenoxy) is 1. The van der Waals surface area contributed by atoms with Gasteiger partial charge in [-0.25, -0.2) is 0 Å². The monoisotopic (exact) mass is 239 g/mol. The topological polar surface area (TPSA) is 66.4 Å². The number of nitrogens with zero attached hydrogens (tertiary/aromatic N) is 1. The summed E-state index contributed by atoms with van der Waals surface area (Å²) in [6.07, 6.45) is -0.386. The molecule has 0 rings (SSSR count). The minimum absolute atomic E-state index is 0. The van der Waals surface area contributed by atoms with Crippen LogP contribution in [0, 0.1) is 0 Å². The summed E-state index contributed by atoms with van der Waals surface area (Å²) in [6, 6.07) is 0. The van der Waals surface area contributed by atoms with Gasteiger partial charge in [-0.2, -0.15) is 0 Å². The second-order valence-corrected chi connectivity index (χ2v) is 4.11. The molecule has 0 spiro atoms. The van der Waals surface area contributed by atoms with Crippen LogP contribution in [0.25, 0.3) is 0 Å². The van der Waals surface area contributed by atoms with Crippen LogP contribution in [-0.2, 0) is 14.3 Å². The minimum Gasteiger partial charge on any atom is -0.550 e. The Balaban J connectivity index is 0. The van der Waals surface area contributed by atoms with Crippen molar-refractivity contribution < 1.29 is 23.9 Å². The van der Waals surface area contributed by atoms with Gasteiger partial charge < -0.3 is 19.1 Å². The fourth-order valence-electron chi connectivity index (χ4n) is 0.710. The highest BCUT2D eigenvalue weighted by Crippen LogP contribution is 1.94. The number of aliphatic carboxylic acids is 1. The molecule has 0 atom stereocenters. The van der Waals surface area contributed by atoms with E-state index in [1.165, 1.54) is 0 Å². The van der Waals surface area contributed by atoms with E-state index in [2.05, 4.69) is 0 Å². The van der Waals surface area contributed by atoms with Crippen molar-refractivity contribution in [3.05, 3.63) is 0 Å². The van der Waals surface area contributed by atoms with Crippen molar-refractivity contribution in [3.63, 3.8) is 0 Å². The molecule has 15 heavy (non-hydrogen) atoms. The minimum atomic E-state index is -1.23. The summed E-state index contributed by atoms with van der Waals surface area (Å²) in [5, 5.41) is 10.0. The summed E-state index contributed by atoms with van der Waals surface area (Å²) in [6.45, 7) is 1.02. The number of quaternary nitrogens is 1. The van der Waals surface area contributed by atoms with Crippen molar-refractivity contribution in [1.82, 2.24) is 0 Å². The Morgan fingerprint density at radius 3 is 2.13 bits per heavy atom. The van der Waals surface area contributed by atoms with Gasteiger partial charge in [0.25, 0.3) is 0 Å². The molecular formula is C9H18ClNO4. The van der Waals surface area contributed by atoms with E-state index in [1.807, 2.05) is 21.1 Å². The number of halogens is 1. The Labute approximate surface area is 96.0 Å². The Hall–Kier alpha value is -0.810. The number of esters is 1. The lowest BCUT2D eigenvalue weighted by Gasteiger charge is -2.23. The highest BCUT2D eigenvalue weighted by atomic mass is 35.5. The number of likely N-dealkylation sites (N-methyl/N-ethyl adjacent to an activating group) is 1. The number of carboxylic acid groups (broad SMARTS) is 1. The summed E-state index contributed by atoms with van der Waals surface area (Å²) in [5.74, 6) is -1.71. The van der Waals surface area contributed by atoms with Gasteiger partial charge in [0, 0.05) is 5.97 Å². The zero-order valence-electron chi connectivity index (χ0n) is 9.32. The van der Waals surface area contributed by atoms with Gasteiger partial charge in [-0.15, -0.1) is 12.4 Å². The third-order valence-corrected chi connectivity index (χ3v) is 1.56. The number of carbonyl (C=O) groups excluding carboxylic acids is 2. The van der Waals surface area contributed by atoms with Crippen molar-refractivity contribution in [2.24, 2.45) is 0 Å². The maximum atomic E-state index is 10.9. The first-order valence-corrected chi connectivity index (χ1v) is 4.47. The second-order valence-electron chi connectivity index (χ2n) is 4.11. The smallest absolute Gasteiger partial charge is 0.306 e.